The lowest BCUT2D eigenvalue weighted by atomic mass is 9.83. The quantitative estimate of drug-likeness (QED) is 0.582. The van der Waals surface area contributed by atoms with Crippen molar-refractivity contribution in [2.75, 3.05) is 0 Å². The van der Waals surface area contributed by atoms with E-state index in [0.717, 1.165) is 12.0 Å². The minimum atomic E-state index is -0.266. The second-order valence-corrected chi connectivity index (χ2v) is 6.81. The van der Waals surface area contributed by atoms with Gasteiger partial charge in [-0.2, -0.15) is 0 Å². The lowest BCUT2D eigenvalue weighted by Gasteiger charge is -2.20. The van der Waals surface area contributed by atoms with Crippen molar-refractivity contribution in [2.45, 2.75) is 19.4 Å². The zero-order valence-electron chi connectivity index (χ0n) is 15.4. The molecule has 0 spiro atoms. The predicted molar refractivity (Wildman–Crippen MR) is 107 cm³/mol. The van der Waals surface area contributed by atoms with Gasteiger partial charge in [-0.3, -0.25) is 14.4 Å². The summed E-state index contributed by atoms with van der Waals surface area (Å²) in [5, 5.41) is 3.02. The Kier molecular flexibility index (Phi) is 4.62. The second kappa shape index (κ2) is 7.24. The van der Waals surface area contributed by atoms with Crippen molar-refractivity contribution in [3.8, 4) is 0 Å². The highest BCUT2D eigenvalue weighted by molar-refractivity contribution is 6.28. The van der Waals surface area contributed by atoms with Gasteiger partial charge in [-0.1, -0.05) is 61.5 Å². The highest BCUT2D eigenvalue weighted by Crippen LogP contribution is 2.28. The zero-order chi connectivity index (χ0) is 19.7. The van der Waals surface area contributed by atoms with Crippen molar-refractivity contribution in [1.82, 2.24) is 5.32 Å². The summed E-state index contributed by atoms with van der Waals surface area (Å²) < 4.78 is 0. The molecule has 4 heteroatoms. The average molecular weight is 369 g/mol. The third-order valence-corrected chi connectivity index (χ3v) is 5.10. The van der Waals surface area contributed by atoms with E-state index < -0.39 is 0 Å². The molecular weight excluding hydrogens is 350 g/mol. The van der Waals surface area contributed by atoms with Crippen LogP contribution in [0.4, 0.5) is 0 Å². The number of rotatable bonds is 4. The maximum Gasteiger partial charge on any atom is 0.251 e. The summed E-state index contributed by atoms with van der Waals surface area (Å²) in [6.45, 7) is 2.00. The van der Waals surface area contributed by atoms with E-state index in [2.05, 4.69) is 5.32 Å². The van der Waals surface area contributed by atoms with Crippen LogP contribution in [0.5, 0.6) is 0 Å². The summed E-state index contributed by atoms with van der Waals surface area (Å²) in [6, 6.07) is 21.1. The Morgan fingerprint density at radius 3 is 2.00 bits per heavy atom. The van der Waals surface area contributed by atoms with Gasteiger partial charge in [0.15, 0.2) is 11.6 Å². The first-order valence-electron chi connectivity index (χ1n) is 9.28. The van der Waals surface area contributed by atoms with E-state index in [1.807, 2.05) is 37.3 Å². The fraction of sp³-hybridized carbons (Fsp3) is 0.125. The molecule has 4 rings (SSSR count). The topological polar surface area (TPSA) is 63.2 Å². The molecule has 1 aliphatic rings. The van der Waals surface area contributed by atoms with E-state index in [0.29, 0.717) is 22.3 Å². The molecule has 3 aromatic rings. The molecule has 0 unspecified atom stereocenters. The molecule has 3 aromatic carbocycles. The van der Waals surface area contributed by atoms with Crippen LogP contribution in [0.25, 0.3) is 0 Å². The molecule has 1 amide bonds. The fourth-order valence-electron chi connectivity index (χ4n) is 3.59. The first kappa shape index (κ1) is 17.9. The molecule has 0 saturated carbocycles. The van der Waals surface area contributed by atoms with Gasteiger partial charge in [0.25, 0.3) is 5.91 Å². The summed E-state index contributed by atoms with van der Waals surface area (Å²) in [7, 11) is 0. The molecule has 1 atom stereocenters. The number of hydrogen-bond acceptors (Lipinski definition) is 3. The van der Waals surface area contributed by atoms with Crippen LogP contribution in [0.1, 0.15) is 67.2 Å². The summed E-state index contributed by atoms with van der Waals surface area (Å²) >= 11 is 0. The number of ketones is 2. The number of amides is 1. The smallest absolute Gasteiger partial charge is 0.251 e. The average Bonchev–Trinajstić information content (AvgIpc) is 2.76. The van der Waals surface area contributed by atoms with Crippen molar-refractivity contribution < 1.29 is 14.4 Å². The number of hydrogen-bond donors (Lipinski definition) is 1. The van der Waals surface area contributed by atoms with Crippen LogP contribution >= 0.6 is 0 Å². The highest BCUT2D eigenvalue weighted by atomic mass is 16.2. The Hall–Kier alpha value is -3.53. The lowest BCUT2D eigenvalue weighted by Crippen LogP contribution is -2.29. The van der Waals surface area contributed by atoms with Crippen LogP contribution in [0.2, 0.25) is 0 Å². The normalized spacial score (nSPS) is 13.5. The van der Waals surface area contributed by atoms with E-state index in [-0.39, 0.29) is 29.1 Å². The summed E-state index contributed by atoms with van der Waals surface area (Å²) in [4.78, 5) is 38.3. The third-order valence-electron chi connectivity index (χ3n) is 5.10. The Morgan fingerprint density at radius 2 is 1.36 bits per heavy atom. The molecule has 0 aromatic heterocycles. The molecule has 0 saturated heterocycles. The molecule has 138 valence electrons. The van der Waals surface area contributed by atoms with E-state index in [9.17, 15) is 14.4 Å². The number of carbonyl (C=O) groups excluding carboxylic acids is 3. The molecule has 0 radical (unpaired) electrons. The van der Waals surface area contributed by atoms with Gasteiger partial charge in [-0.25, -0.2) is 0 Å². The molecule has 0 aliphatic heterocycles. The van der Waals surface area contributed by atoms with Crippen LogP contribution in [0.3, 0.4) is 0 Å². The number of carbonyl (C=O) groups is 3. The number of nitrogens with one attached hydrogen (secondary N) is 1. The van der Waals surface area contributed by atoms with Gasteiger partial charge in [0.1, 0.15) is 0 Å². The van der Waals surface area contributed by atoms with Gasteiger partial charge >= 0.3 is 0 Å². The maximum atomic E-state index is 12.8. The van der Waals surface area contributed by atoms with Gasteiger partial charge in [0, 0.05) is 27.8 Å². The minimum absolute atomic E-state index is 0.122. The van der Waals surface area contributed by atoms with Gasteiger partial charge < -0.3 is 5.32 Å². The van der Waals surface area contributed by atoms with Gasteiger partial charge in [-0.05, 0) is 30.2 Å². The van der Waals surface area contributed by atoms with E-state index in [1.54, 1.807) is 36.4 Å². The largest absolute Gasteiger partial charge is 0.345 e. The Bertz CT molecular complexity index is 1090. The van der Waals surface area contributed by atoms with Crippen molar-refractivity contribution in [3.05, 3.63) is 106 Å². The van der Waals surface area contributed by atoms with Crippen molar-refractivity contribution in [2.24, 2.45) is 0 Å². The van der Waals surface area contributed by atoms with Gasteiger partial charge in [0.2, 0.25) is 0 Å². The van der Waals surface area contributed by atoms with E-state index in [1.165, 1.54) is 6.07 Å². The Balaban J connectivity index is 1.65. The number of fused-ring (bicyclic) bond motifs is 2. The van der Waals surface area contributed by atoms with Crippen LogP contribution < -0.4 is 5.32 Å². The third kappa shape index (κ3) is 3.03. The monoisotopic (exact) mass is 369 g/mol. The highest BCUT2D eigenvalue weighted by Gasteiger charge is 2.30. The molecular formula is C24H19NO3. The van der Waals surface area contributed by atoms with Gasteiger partial charge in [0.05, 0.1) is 6.04 Å². The first-order valence-corrected chi connectivity index (χ1v) is 9.28. The molecule has 0 heterocycles. The van der Waals surface area contributed by atoms with Crippen LogP contribution in [0, 0.1) is 0 Å². The molecule has 0 fully saturated rings. The van der Waals surface area contributed by atoms with Crippen LogP contribution in [0.15, 0.2) is 72.8 Å². The lowest BCUT2D eigenvalue weighted by molar-refractivity contribution is 0.0933. The molecule has 1 N–H and O–H groups in total. The standard InChI is InChI=1S/C24H19NO3/c1-2-21(15-8-4-3-5-9-15)25-24(28)16-12-13-19-20(14-16)23(27)18-11-7-6-10-17(18)22(19)26/h3-14,21H,2H2,1H3,(H,25,28)/t21-/m1/s1. The molecule has 1 aliphatic carbocycles. The molecule has 4 nitrogen and oxygen atoms in total. The van der Waals surface area contributed by atoms with Crippen molar-refractivity contribution in [1.29, 1.82) is 0 Å². The molecule has 28 heavy (non-hydrogen) atoms. The van der Waals surface area contributed by atoms with Crippen LogP contribution in [-0.4, -0.2) is 17.5 Å². The fourth-order valence-corrected chi connectivity index (χ4v) is 3.59. The Labute approximate surface area is 163 Å². The first-order chi connectivity index (χ1) is 13.6. The molecule has 0 bridgehead atoms. The van der Waals surface area contributed by atoms with E-state index >= 15 is 0 Å². The van der Waals surface area contributed by atoms with Crippen molar-refractivity contribution >= 4 is 17.5 Å². The summed E-state index contributed by atoms with van der Waals surface area (Å²) in [5.74, 6) is -0.680. The zero-order valence-corrected chi connectivity index (χ0v) is 15.4. The number of benzene rings is 3. The SMILES string of the molecule is CC[C@@H](NC(=O)c1ccc2c(c1)C(=O)c1ccccc1C2=O)c1ccccc1. The summed E-state index contributed by atoms with van der Waals surface area (Å²) in [5.41, 5.74) is 2.81. The van der Waals surface area contributed by atoms with Gasteiger partial charge in [-0.15, -0.1) is 0 Å². The maximum absolute atomic E-state index is 12.8. The Morgan fingerprint density at radius 1 is 0.786 bits per heavy atom. The van der Waals surface area contributed by atoms with E-state index in [4.69, 9.17) is 0 Å². The van der Waals surface area contributed by atoms with Crippen LogP contribution in [-0.2, 0) is 0 Å². The predicted octanol–water partition coefficient (Wildman–Crippen LogP) is 4.34. The minimum Gasteiger partial charge on any atom is -0.345 e. The summed E-state index contributed by atoms with van der Waals surface area (Å²) in [6.07, 6.45) is 0.742. The van der Waals surface area contributed by atoms with Crippen molar-refractivity contribution in [3.63, 3.8) is 0 Å². The second-order valence-electron chi connectivity index (χ2n) is 6.81.